The van der Waals surface area contributed by atoms with Gasteiger partial charge in [-0.05, 0) is 46.8 Å². The number of allylic oxidation sites excluding steroid dienone is 6. The summed E-state index contributed by atoms with van der Waals surface area (Å²) in [5.74, 6) is -58.9. The number of alkyl halides is 17. The van der Waals surface area contributed by atoms with Gasteiger partial charge in [0.25, 0.3) is 0 Å². The summed E-state index contributed by atoms with van der Waals surface area (Å²) in [6.07, 6.45) is -2.41. The van der Waals surface area contributed by atoms with E-state index >= 15 is 17.6 Å². The fourth-order valence-corrected chi connectivity index (χ4v) is 5.89. The molecule has 0 fully saturated rings. The van der Waals surface area contributed by atoms with Gasteiger partial charge in [0.15, 0.2) is 0 Å². The third kappa shape index (κ3) is 8.72. The Kier molecular flexibility index (Phi) is 17.6. The van der Waals surface area contributed by atoms with Crippen LogP contribution in [0.3, 0.4) is 0 Å². The number of ether oxygens (including phenoxy) is 1. The second-order valence-corrected chi connectivity index (χ2v) is 13.2. The molecule has 0 aliphatic heterocycles. The fraction of sp³-hybridized carbons (Fsp3) is 0.657. The minimum Gasteiger partial charge on any atom is -0.396 e. The van der Waals surface area contributed by atoms with Crippen LogP contribution in [0.2, 0.25) is 0 Å². The molecule has 0 rings (SSSR count). The zero-order valence-electron chi connectivity index (χ0n) is 31.5. The Hall–Kier alpha value is -3.03. The second kappa shape index (κ2) is 18.5. The Morgan fingerprint density at radius 1 is 0.390 bits per heavy atom. The van der Waals surface area contributed by atoms with E-state index in [0.717, 1.165) is 57.2 Å². The molecule has 6 N–H and O–H groups in total. The topological polar surface area (TPSA) is 131 Å². The largest absolute Gasteiger partial charge is 0.460 e. The zero-order chi connectivity index (χ0) is 47.2. The van der Waals surface area contributed by atoms with E-state index in [2.05, 4.69) is 0 Å². The Morgan fingerprint density at radius 2 is 0.695 bits per heavy atom. The standard InChI is InChI=1S/C35H43F17O7/c1-6-11-24(57,12-7-2)27(21-56,26(14-9-4,15-10-5)59-22-23(18-53,19-54)20-55)25(58,13-8-3)16-17-28(36,37)29(38,39)30(40,41)31(42,43)32(44,45)33(46,47)34(48,49)35(50,51)52/h6-17,53-58H,18-22H2,1-5H3. The van der Waals surface area contributed by atoms with Crippen LogP contribution in [-0.4, -0.2) is 128 Å². The van der Waals surface area contributed by atoms with Crippen molar-refractivity contribution < 1.29 is 110 Å². The maximum atomic E-state index is 15.4. The smallest absolute Gasteiger partial charge is 0.396 e. The van der Waals surface area contributed by atoms with E-state index in [1.165, 1.54) is 13.8 Å². The van der Waals surface area contributed by atoms with Gasteiger partial charge in [-0.2, -0.15) is 74.6 Å². The molecule has 0 aromatic carbocycles. The highest BCUT2D eigenvalue weighted by molar-refractivity contribution is 5.43. The van der Waals surface area contributed by atoms with Gasteiger partial charge >= 0.3 is 47.6 Å². The SMILES string of the molecule is CC=CC(O)(C=CC)C(CO)(C(O)(C=CC)C=CC(F)(F)C(F)(F)C(F)(F)C(F)(F)C(F)(F)C(F)(F)C(F)(F)C(F)(F)F)C(C=CC)(C=CC)OCC(CO)(CO)CO. The van der Waals surface area contributed by atoms with E-state index in [4.69, 9.17) is 4.74 Å². The van der Waals surface area contributed by atoms with Crippen LogP contribution < -0.4 is 0 Å². The van der Waals surface area contributed by atoms with Crippen molar-refractivity contribution in [3.05, 3.63) is 72.9 Å². The average molecular weight is 899 g/mol. The van der Waals surface area contributed by atoms with Gasteiger partial charge < -0.3 is 35.4 Å². The number of aliphatic hydroxyl groups excluding tert-OH is 4. The first kappa shape index (κ1) is 56.0. The van der Waals surface area contributed by atoms with Gasteiger partial charge in [0.2, 0.25) is 0 Å². The van der Waals surface area contributed by atoms with Crippen LogP contribution in [0.25, 0.3) is 0 Å². The summed E-state index contributed by atoms with van der Waals surface area (Å²) in [4.78, 5) is 0. The van der Waals surface area contributed by atoms with E-state index in [-0.39, 0.29) is 6.08 Å². The average Bonchev–Trinajstić information content (AvgIpc) is 3.11. The maximum Gasteiger partial charge on any atom is 0.460 e. The summed E-state index contributed by atoms with van der Waals surface area (Å²) in [5, 5.41) is 65.6. The Labute approximate surface area is 326 Å². The molecule has 0 radical (unpaired) electrons. The van der Waals surface area contributed by atoms with Gasteiger partial charge in [-0.3, -0.25) is 0 Å². The van der Waals surface area contributed by atoms with Gasteiger partial charge in [-0.15, -0.1) is 0 Å². The molecule has 0 saturated carbocycles. The molecule has 0 aromatic rings. The molecule has 0 spiro atoms. The van der Waals surface area contributed by atoms with Crippen molar-refractivity contribution >= 4 is 0 Å². The predicted molar refractivity (Wildman–Crippen MR) is 176 cm³/mol. The number of hydrogen-bond acceptors (Lipinski definition) is 7. The number of rotatable bonds is 23. The first-order valence-electron chi connectivity index (χ1n) is 16.6. The van der Waals surface area contributed by atoms with E-state index in [1.807, 2.05) is 0 Å². The van der Waals surface area contributed by atoms with Crippen LogP contribution in [0.1, 0.15) is 34.6 Å². The highest BCUT2D eigenvalue weighted by Crippen LogP contribution is 2.64. The van der Waals surface area contributed by atoms with Crippen LogP contribution in [0.4, 0.5) is 74.6 Å². The highest BCUT2D eigenvalue weighted by Gasteiger charge is 2.95. The molecule has 0 aliphatic rings. The van der Waals surface area contributed by atoms with Gasteiger partial charge in [0.05, 0.1) is 38.4 Å². The molecule has 0 heterocycles. The molecule has 24 heteroatoms. The number of halogens is 17. The van der Waals surface area contributed by atoms with Crippen molar-refractivity contribution in [1.82, 2.24) is 0 Å². The summed E-state index contributed by atoms with van der Waals surface area (Å²) in [5.41, 5.74) is -15.3. The fourth-order valence-electron chi connectivity index (χ4n) is 5.89. The van der Waals surface area contributed by atoms with E-state index < -0.39 is 120 Å². The lowest BCUT2D eigenvalue weighted by atomic mass is 9.52. The molecule has 7 nitrogen and oxygen atoms in total. The molecule has 344 valence electrons. The monoisotopic (exact) mass is 898 g/mol. The molecule has 59 heavy (non-hydrogen) atoms. The summed E-state index contributed by atoms with van der Waals surface area (Å²) in [7, 11) is 0. The normalized spacial score (nSPS) is 19.7. The lowest BCUT2D eigenvalue weighted by molar-refractivity contribution is -0.459. The molecule has 0 saturated heterocycles. The van der Waals surface area contributed by atoms with E-state index in [0.29, 0.717) is 18.2 Å². The Bertz CT molecular complexity index is 1530. The first-order chi connectivity index (χ1) is 26.5. The first-order valence-corrected chi connectivity index (χ1v) is 16.6. The van der Waals surface area contributed by atoms with Crippen LogP contribution in [-0.2, 0) is 4.74 Å². The quantitative estimate of drug-likeness (QED) is 0.0461. The van der Waals surface area contributed by atoms with Crippen molar-refractivity contribution in [2.45, 2.75) is 99.1 Å². The number of hydrogen-bond donors (Lipinski definition) is 6. The summed E-state index contributed by atoms with van der Waals surface area (Å²) in [6.45, 7) is -0.685. The van der Waals surface area contributed by atoms with Crippen molar-refractivity contribution in [3.8, 4) is 0 Å². The molecule has 0 bridgehead atoms. The number of aliphatic hydroxyl groups is 6. The zero-order valence-corrected chi connectivity index (χ0v) is 31.5. The minimum absolute atomic E-state index is 0.259. The summed E-state index contributed by atoms with van der Waals surface area (Å²) in [6, 6.07) is 0. The molecule has 0 aliphatic carbocycles. The van der Waals surface area contributed by atoms with Crippen LogP contribution >= 0.6 is 0 Å². The minimum atomic E-state index is -8.89. The van der Waals surface area contributed by atoms with Crippen LogP contribution in [0, 0.1) is 10.8 Å². The molecular weight excluding hydrogens is 855 g/mol. The van der Waals surface area contributed by atoms with Crippen LogP contribution in [0.15, 0.2) is 72.9 Å². The van der Waals surface area contributed by atoms with Gasteiger partial charge in [0.1, 0.15) is 22.2 Å². The van der Waals surface area contributed by atoms with Gasteiger partial charge in [-0.1, -0.05) is 60.8 Å². The van der Waals surface area contributed by atoms with Crippen molar-refractivity contribution in [1.29, 1.82) is 0 Å². The molecule has 0 amide bonds. The predicted octanol–water partition coefficient (Wildman–Crippen LogP) is 7.59. The lowest BCUT2D eigenvalue weighted by Gasteiger charge is -2.59. The van der Waals surface area contributed by atoms with Crippen LogP contribution in [0.5, 0.6) is 0 Å². The van der Waals surface area contributed by atoms with E-state index in [1.54, 1.807) is 0 Å². The van der Waals surface area contributed by atoms with Gasteiger partial charge in [-0.25, -0.2) is 0 Å². The molecular formula is C35H43F17O7. The molecule has 2 unspecified atom stereocenters. The van der Waals surface area contributed by atoms with Crippen molar-refractivity contribution in [2.75, 3.05) is 33.0 Å². The third-order valence-corrected chi connectivity index (χ3v) is 9.28. The summed E-state index contributed by atoms with van der Waals surface area (Å²) >= 11 is 0. The maximum absolute atomic E-state index is 15.4. The second-order valence-electron chi connectivity index (χ2n) is 13.2. The lowest BCUT2D eigenvalue weighted by Crippen LogP contribution is -2.74. The Morgan fingerprint density at radius 3 is 0.983 bits per heavy atom. The molecule has 0 aromatic heterocycles. The highest BCUT2D eigenvalue weighted by atomic mass is 19.4. The Balaban J connectivity index is 8.68. The van der Waals surface area contributed by atoms with Crippen molar-refractivity contribution in [3.63, 3.8) is 0 Å². The van der Waals surface area contributed by atoms with Gasteiger partial charge in [0, 0.05) is 0 Å². The summed E-state index contributed by atoms with van der Waals surface area (Å²) < 4.78 is 245. The molecule has 2 atom stereocenters. The van der Waals surface area contributed by atoms with E-state index in [9.17, 15) is 87.7 Å². The third-order valence-electron chi connectivity index (χ3n) is 9.28. The van der Waals surface area contributed by atoms with Crippen molar-refractivity contribution in [2.24, 2.45) is 10.8 Å².